The van der Waals surface area contributed by atoms with Gasteiger partial charge in [-0.25, -0.2) is 9.18 Å². The molecule has 0 bridgehead atoms. The Kier molecular flexibility index (Phi) is 5.20. The largest absolute Gasteiger partial charge is 0.444 e. The van der Waals surface area contributed by atoms with Gasteiger partial charge in [0.2, 0.25) is 0 Å². The van der Waals surface area contributed by atoms with Crippen LogP contribution in [0, 0.1) is 5.82 Å². The summed E-state index contributed by atoms with van der Waals surface area (Å²) in [6.45, 7) is 6.00. The fraction of sp³-hybridized carbons (Fsp3) is 0.467. The van der Waals surface area contributed by atoms with Crippen molar-refractivity contribution in [3.63, 3.8) is 0 Å². The van der Waals surface area contributed by atoms with Crippen molar-refractivity contribution in [3.05, 3.63) is 33.0 Å². The molecule has 5 nitrogen and oxygen atoms in total. The highest BCUT2D eigenvalue weighted by Gasteiger charge is 2.35. The molecule has 126 valence electrons. The molecule has 1 heterocycles. The maximum Gasteiger partial charge on any atom is 0.410 e. The predicted octanol–water partition coefficient (Wildman–Crippen LogP) is 3.59. The minimum Gasteiger partial charge on any atom is -0.444 e. The van der Waals surface area contributed by atoms with Gasteiger partial charge in [-0.15, -0.1) is 0 Å². The molecule has 2 rings (SSSR count). The van der Waals surface area contributed by atoms with Crippen LogP contribution in [0.4, 0.5) is 9.18 Å². The van der Waals surface area contributed by atoms with E-state index in [-0.39, 0.29) is 16.6 Å². The van der Waals surface area contributed by atoms with Gasteiger partial charge in [0.25, 0.3) is 5.91 Å². The molecular formula is C15H17BrClFN2O3. The number of rotatable bonds is 2. The Morgan fingerprint density at radius 1 is 1.39 bits per heavy atom. The molecule has 1 saturated heterocycles. The van der Waals surface area contributed by atoms with Crippen LogP contribution in [-0.4, -0.2) is 41.6 Å². The molecule has 0 radical (unpaired) electrons. The summed E-state index contributed by atoms with van der Waals surface area (Å²) in [5.41, 5.74) is -0.697. The van der Waals surface area contributed by atoms with E-state index >= 15 is 0 Å². The van der Waals surface area contributed by atoms with Crippen LogP contribution in [0.1, 0.15) is 31.1 Å². The van der Waals surface area contributed by atoms with Crippen LogP contribution in [0.25, 0.3) is 0 Å². The highest BCUT2D eigenvalue weighted by Crippen LogP contribution is 2.26. The zero-order chi connectivity index (χ0) is 17.4. The molecule has 8 heteroatoms. The maximum atomic E-state index is 13.8. The number of carbonyl (C=O) groups excluding carboxylic acids is 2. The van der Waals surface area contributed by atoms with Crippen molar-refractivity contribution in [2.45, 2.75) is 32.4 Å². The van der Waals surface area contributed by atoms with Crippen molar-refractivity contribution < 1.29 is 18.7 Å². The van der Waals surface area contributed by atoms with Crippen molar-refractivity contribution in [2.24, 2.45) is 0 Å². The Hall–Kier alpha value is -1.34. The second-order valence-corrected chi connectivity index (χ2v) is 7.56. The van der Waals surface area contributed by atoms with Gasteiger partial charge in [-0.1, -0.05) is 11.6 Å². The third kappa shape index (κ3) is 4.57. The second kappa shape index (κ2) is 6.65. The van der Waals surface area contributed by atoms with Crippen LogP contribution in [0.5, 0.6) is 0 Å². The molecule has 1 aromatic carbocycles. The number of likely N-dealkylation sites (tertiary alicyclic amines) is 1. The molecule has 1 N–H and O–H groups in total. The number of amides is 2. The first kappa shape index (κ1) is 18.0. The number of hydrogen-bond acceptors (Lipinski definition) is 3. The molecule has 0 aliphatic carbocycles. The van der Waals surface area contributed by atoms with Gasteiger partial charge in [0, 0.05) is 17.6 Å². The van der Waals surface area contributed by atoms with Crippen LogP contribution in [0.15, 0.2) is 16.6 Å². The van der Waals surface area contributed by atoms with Crippen molar-refractivity contribution in [2.75, 3.05) is 13.1 Å². The Labute approximate surface area is 147 Å². The van der Waals surface area contributed by atoms with E-state index in [0.717, 1.165) is 6.07 Å². The topological polar surface area (TPSA) is 58.6 Å². The maximum absolute atomic E-state index is 13.8. The van der Waals surface area contributed by atoms with Crippen LogP contribution < -0.4 is 5.32 Å². The number of nitrogens with one attached hydrogen (secondary N) is 1. The molecular weight excluding hydrogens is 391 g/mol. The van der Waals surface area contributed by atoms with Crippen LogP contribution in [0.2, 0.25) is 5.02 Å². The summed E-state index contributed by atoms with van der Waals surface area (Å²) in [4.78, 5) is 25.3. The van der Waals surface area contributed by atoms with Crippen LogP contribution in [0.3, 0.4) is 0 Å². The van der Waals surface area contributed by atoms with Gasteiger partial charge in [-0.3, -0.25) is 4.79 Å². The molecule has 0 spiro atoms. The lowest BCUT2D eigenvalue weighted by molar-refractivity contribution is 0.00531. The molecule has 23 heavy (non-hydrogen) atoms. The summed E-state index contributed by atoms with van der Waals surface area (Å²) in [7, 11) is 0. The monoisotopic (exact) mass is 406 g/mol. The summed E-state index contributed by atoms with van der Waals surface area (Å²) in [5, 5.41) is 2.92. The number of ether oxygens (including phenoxy) is 1. The molecule has 0 atom stereocenters. The Morgan fingerprint density at radius 2 is 2.00 bits per heavy atom. The van der Waals surface area contributed by atoms with Crippen molar-refractivity contribution in [1.82, 2.24) is 10.2 Å². The summed E-state index contributed by atoms with van der Waals surface area (Å²) >= 11 is 8.97. The van der Waals surface area contributed by atoms with E-state index in [9.17, 15) is 14.0 Å². The molecule has 0 aromatic heterocycles. The standard InChI is InChI=1S/C15H17BrClFN2O3/c1-15(2,3)23-14(22)20-6-8(7-20)19-13(21)9-4-11(17)10(16)5-12(9)18/h4-5,8H,6-7H2,1-3H3,(H,19,21). The summed E-state index contributed by atoms with van der Waals surface area (Å²) in [6, 6.07) is 2.17. The highest BCUT2D eigenvalue weighted by molar-refractivity contribution is 9.10. The smallest absolute Gasteiger partial charge is 0.410 e. The zero-order valence-electron chi connectivity index (χ0n) is 13.0. The Bertz CT molecular complexity index is 642. The minimum atomic E-state index is -0.665. The third-order valence-corrected chi connectivity index (χ3v) is 4.32. The van der Waals surface area contributed by atoms with E-state index in [4.69, 9.17) is 16.3 Å². The normalized spacial score (nSPS) is 15.1. The number of halogens is 3. The van der Waals surface area contributed by atoms with Crippen molar-refractivity contribution >= 4 is 39.5 Å². The lowest BCUT2D eigenvalue weighted by Crippen LogP contribution is -2.61. The van der Waals surface area contributed by atoms with E-state index in [1.807, 2.05) is 0 Å². The number of benzene rings is 1. The molecule has 0 unspecified atom stereocenters. The highest BCUT2D eigenvalue weighted by atomic mass is 79.9. The molecule has 1 aromatic rings. The van der Waals surface area contributed by atoms with Crippen molar-refractivity contribution in [3.8, 4) is 0 Å². The summed E-state index contributed by atoms with van der Waals surface area (Å²) in [6.07, 6.45) is -0.430. The van der Waals surface area contributed by atoms with Gasteiger partial charge >= 0.3 is 6.09 Å². The van der Waals surface area contributed by atoms with E-state index in [1.165, 1.54) is 11.0 Å². The number of hydrogen-bond donors (Lipinski definition) is 1. The van der Waals surface area contributed by atoms with E-state index < -0.39 is 23.4 Å². The summed E-state index contributed by atoms with van der Waals surface area (Å²) in [5.74, 6) is -1.23. The lowest BCUT2D eigenvalue weighted by Gasteiger charge is -2.39. The zero-order valence-corrected chi connectivity index (χ0v) is 15.3. The summed E-state index contributed by atoms with van der Waals surface area (Å²) < 4.78 is 19.4. The van der Waals surface area contributed by atoms with Gasteiger partial charge in [-0.05, 0) is 48.8 Å². The first-order valence-electron chi connectivity index (χ1n) is 7.00. The quantitative estimate of drug-likeness (QED) is 0.762. The van der Waals surface area contributed by atoms with E-state index in [1.54, 1.807) is 20.8 Å². The fourth-order valence-corrected chi connectivity index (χ4v) is 2.48. The van der Waals surface area contributed by atoms with Crippen LogP contribution >= 0.6 is 27.5 Å². The molecule has 0 saturated carbocycles. The van der Waals surface area contributed by atoms with Crippen LogP contribution in [-0.2, 0) is 4.74 Å². The van der Waals surface area contributed by atoms with Gasteiger partial charge in [-0.2, -0.15) is 0 Å². The van der Waals surface area contributed by atoms with E-state index in [2.05, 4.69) is 21.2 Å². The number of nitrogens with zero attached hydrogens (tertiary/aromatic N) is 1. The van der Waals surface area contributed by atoms with Gasteiger partial charge < -0.3 is 15.0 Å². The first-order valence-corrected chi connectivity index (χ1v) is 8.17. The number of carbonyl (C=O) groups is 2. The fourth-order valence-electron chi connectivity index (χ4n) is 2.01. The van der Waals surface area contributed by atoms with E-state index in [0.29, 0.717) is 17.6 Å². The average Bonchev–Trinajstić information content (AvgIpc) is 2.35. The first-order chi connectivity index (χ1) is 10.6. The Balaban J connectivity index is 1.90. The average molecular weight is 408 g/mol. The Morgan fingerprint density at radius 3 is 2.57 bits per heavy atom. The van der Waals surface area contributed by atoms with Gasteiger partial charge in [0.05, 0.1) is 16.6 Å². The van der Waals surface area contributed by atoms with Gasteiger partial charge in [0.1, 0.15) is 11.4 Å². The van der Waals surface area contributed by atoms with Crippen molar-refractivity contribution in [1.29, 1.82) is 0 Å². The predicted molar refractivity (Wildman–Crippen MR) is 88.2 cm³/mol. The third-order valence-electron chi connectivity index (χ3n) is 3.12. The molecule has 1 aliphatic rings. The molecule has 1 fully saturated rings. The second-order valence-electron chi connectivity index (χ2n) is 6.30. The minimum absolute atomic E-state index is 0.131. The van der Waals surface area contributed by atoms with Gasteiger partial charge in [0.15, 0.2) is 0 Å². The molecule has 2 amide bonds. The SMILES string of the molecule is CC(C)(C)OC(=O)N1CC(NC(=O)c2cc(Cl)c(Br)cc2F)C1. The molecule has 1 aliphatic heterocycles. The lowest BCUT2D eigenvalue weighted by atomic mass is 10.1.